The van der Waals surface area contributed by atoms with Crippen LogP contribution in [0.25, 0.3) is 127 Å². The van der Waals surface area contributed by atoms with E-state index in [-0.39, 0.29) is 68.6 Å². The largest absolute Gasteiger partial charge is 0.310 e. The minimum Gasteiger partial charge on any atom is -0.310 e. The molecule has 15 aromatic carbocycles. The fourth-order valence-electron chi connectivity index (χ4n) is 19.2. The standard InChI is InChI=1S/C116H104BN7/c1-111(2,3)77-46-53-101-92(65-77)93-66-78(112(4,5)6)47-54-102(93)121(101)84-49-52-96-106(68-84)123(104-67-83(48-44-73(104)69-118)120-97-40-28-24-36-88(97)89-37-25-29-41-98(89)120)108-62-76(86-35-23-22-34-85(86)71-32-20-19-21-33-71)61-107-109(108)117(96)95-51-45-72(74-56-79(113(7,8)9)63-80(57-74)114(10,11)12)60-105(95)122(107)103-55-50-87(75-58-81(115(13,14)15)64-82(59-75)116(16,17)18)110(94(103)70-119)124-99-42-30-26-38-90(99)91-39-27-31-43-100(91)124/h19-68H,1-18H3/i19D,20D,21D,32D,33D,58D,59D,64D. The van der Waals surface area contributed by atoms with E-state index in [1.54, 1.807) is 0 Å². The van der Waals surface area contributed by atoms with Crippen molar-refractivity contribution in [3.8, 4) is 73.7 Å². The average molecular weight is 1620 g/mol. The molecule has 124 heavy (non-hydrogen) atoms. The summed E-state index contributed by atoms with van der Waals surface area (Å²) in [4.78, 5) is 4.51. The summed E-state index contributed by atoms with van der Waals surface area (Å²) < 4.78 is 85.7. The molecular formula is C116H104BN7. The Balaban J connectivity index is 0.991. The van der Waals surface area contributed by atoms with Gasteiger partial charge < -0.3 is 23.5 Å². The maximum atomic E-state index is 13.4. The van der Waals surface area contributed by atoms with Crippen LogP contribution in [0.2, 0.25) is 0 Å². The Bertz CT molecular complexity index is 7840. The van der Waals surface area contributed by atoms with E-state index in [1.807, 2.05) is 114 Å². The van der Waals surface area contributed by atoms with Crippen LogP contribution in [0.1, 0.15) is 180 Å². The van der Waals surface area contributed by atoms with Crippen LogP contribution < -0.4 is 26.2 Å². The summed E-state index contributed by atoms with van der Waals surface area (Å²) in [6, 6.07) is 93.2. The summed E-state index contributed by atoms with van der Waals surface area (Å²) in [5.41, 5.74) is 21.9. The molecule has 0 spiro atoms. The Kier molecular flexibility index (Phi) is 16.1. The van der Waals surface area contributed by atoms with Gasteiger partial charge in [0.15, 0.2) is 0 Å². The van der Waals surface area contributed by atoms with E-state index in [1.165, 1.54) is 11.1 Å². The molecule has 18 aromatic rings. The summed E-state index contributed by atoms with van der Waals surface area (Å²) >= 11 is 0. The van der Waals surface area contributed by atoms with Gasteiger partial charge in [-0.2, -0.15) is 10.5 Å². The molecule has 0 radical (unpaired) electrons. The molecule has 20 rings (SSSR count). The lowest BCUT2D eigenvalue weighted by Crippen LogP contribution is -2.61. The van der Waals surface area contributed by atoms with Crippen LogP contribution in [-0.4, -0.2) is 20.4 Å². The first-order chi connectivity index (χ1) is 62.6. The van der Waals surface area contributed by atoms with Crippen molar-refractivity contribution in [1.29, 1.82) is 10.5 Å². The van der Waals surface area contributed by atoms with Gasteiger partial charge in [-0.3, -0.25) is 0 Å². The molecule has 0 unspecified atom stereocenters. The first kappa shape index (κ1) is 69.9. The molecule has 0 amide bonds. The lowest BCUT2D eigenvalue weighted by atomic mass is 9.33. The third kappa shape index (κ3) is 12.9. The van der Waals surface area contributed by atoms with Gasteiger partial charge in [-0.25, -0.2) is 0 Å². The monoisotopic (exact) mass is 1610 g/mol. The molecule has 0 aliphatic carbocycles. The van der Waals surface area contributed by atoms with Crippen LogP contribution in [0, 0.1) is 22.7 Å². The molecule has 3 aromatic heterocycles. The van der Waals surface area contributed by atoms with E-state index in [9.17, 15) is 20.1 Å². The van der Waals surface area contributed by atoms with Gasteiger partial charge in [-0.1, -0.05) is 325 Å². The van der Waals surface area contributed by atoms with E-state index >= 15 is 0 Å². The number of fused-ring (bicyclic) bond motifs is 13. The third-order valence-electron chi connectivity index (χ3n) is 25.8. The van der Waals surface area contributed by atoms with Crippen molar-refractivity contribution in [3.63, 3.8) is 0 Å². The molecular weight excluding hydrogens is 1500 g/mol. The highest BCUT2D eigenvalue weighted by atomic mass is 15.2. The predicted molar refractivity (Wildman–Crippen MR) is 527 cm³/mol. The van der Waals surface area contributed by atoms with E-state index < -0.39 is 35.7 Å². The number of aromatic nitrogens is 3. The molecule has 0 N–H and O–H groups in total. The molecule has 0 atom stereocenters. The summed E-state index contributed by atoms with van der Waals surface area (Å²) in [5.74, 6) is 0. The Hall–Kier alpha value is -13.7. The van der Waals surface area contributed by atoms with Crippen LogP contribution in [-0.2, 0) is 32.5 Å². The topological polar surface area (TPSA) is 68.8 Å². The number of para-hydroxylation sites is 4. The molecule has 0 fully saturated rings. The van der Waals surface area contributed by atoms with Crippen LogP contribution >= 0.6 is 0 Å². The smallest absolute Gasteiger partial charge is 0.252 e. The molecule has 7 nitrogen and oxygen atoms in total. The number of hydrogen-bond donors (Lipinski definition) is 0. The Morgan fingerprint density at radius 2 is 0.702 bits per heavy atom. The van der Waals surface area contributed by atoms with Crippen LogP contribution in [0.15, 0.2) is 303 Å². The lowest BCUT2D eigenvalue weighted by Gasteiger charge is -2.45. The van der Waals surface area contributed by atoms with Crippen molar-refractivity contribution in [2.45, 2.75) is 157 Å². The summed E-state index contributed by atoms with van der Waals surface area (Å²) in [5, 5.41) is 32.0. The van der Waals surface area contributed by atoms with Gasteiger partial charge in [0, 0.05) is 72.0 Å². The molecule has 0 saturated heterocycles. The highest BCUT2D eigenvalue weighted by Gasteiger charge is 2.46. The fraction of sp³-hybridized carbons (Fsp3) is 0.207. The van der Waals surface area contributed by atoms with E-state index in [0.717, 1.165) is 127 Å². The van der Waals surface area contributed by atoms with E-state index in [2.05, 4.69) is 301 Å². The molecule has 0 saturated carbocycles. The number of hydrogen-bond acceptors (Lipinski definition) is 4. The quantitative estimate of drug-likeness (QED) is 0.135. The normalized spacial score (nSPS) is 14.1. The molecule has 0 bridgehead atoms. The van der Waals surface area contributed by atoms with Gasteiger partial charge in [-0.05, 0) is 224 Å². The summed E-state index contributed by atoms with van der Waals surface area (Å²) in [6.07, 6.45) is 0. The number of nitriles is 2. The lowest BCUT2D eigenvalue weighted by molar-refractivity contribution is 0.568. The Labute approximate surface area is 741 Å². The van der Waals surface area contributed by atoms with E-state index in [4.69, 9.17) is 1.37 Å². The second-order valence-corrected chi connectivity index (χ2v) is 40.2. The molecule has 606 valence electrons. The Morgan fingerprint density at radius 1 is 0.282 bits per heavy atom. The van der Waals surface area contributed by atoms with Crippen molar-refractivity contribution < 1.29 is 11.0 Å². The highest BCUT2D eigenvalue weighted by molar-refractivity contribution is 7.00. The number of rotatable bonds is 9. The minimum absolute atomic E-state index is 0.0103. The molecule has 5 heterocycles. The zero-order valence-corrected chi connectivity index (χ0v) is 74.0. The van der Waals surface area contributed by atoms with Crippen molar-refractivity contribution in [1.82, 2.24) is 13.7 Å². The van der Waals surface area contributed by atoms with Crippen molar-refractivity contribution in [2.24, 2.45) is 0 Å². The molecule has 2 aliphatic heterocycles. The van der Waals surface area contributed by atoms with Crippen LogP contribution in [0.3, 0.4) is 0 Å². The average Bonchev–Trinajstić information content (AvgIpc) is 0.689. The van der Waals surface area contributed by atoms with Gasteiger partial charge >= 0.3 is 0 Å². The van der Waals surface area contributed by atoms with Gasteiger partial charge in [0.1, 0.15) is 17.7 Å². The highest BCUT2D eigenvalue weighted by Crippen LogP contribution is 2.54. The second kappa shape index (κ2) is 28.5. The number of benzene rings is 15. The summed E-state index contributed by atoms with van der Waals surface area (Å²) in [7, 11) is 0. The molecule has 8 heteroatoms. The van der Waals surface area contributed by atoms with Crippen LogP contribution in [0.5, 0.6) is 0 Å². The van der Waals surface area contributed by atoms with Gasteiger partial charge in [-0.15, -0.1) is 0 Å². The maximum absolute atomic E-state index is 13.4. The number of anilines is 6. The fourth-order valence-corrected chi connectivity index (χ4v) is 19.2. The van der Waals surface area contributed by atoms with Crippen molar-refractivity contribution >= 4 is 123 Å². The molecule has 2 aliphatic rings. The first-order valence-corrected chi connectivity index (χ1v) is 43.3. The number of nitrogens with zero attached hydrogens (tertiary/aromatic N) is 7. The second-order valence-electron chi connectivity index (χ2n) is 40.2. The van der Waals surface area contributed by atoms with Gasteiger partial charge in [0.2, 0.25) is 0 Å². The minimum atomic E-state index is -0.759. The zero-order chi connectivity index (χ0) is 93.3. The Morgan fingerprint density at radius 3 is 1.19 bits per heavy atom. The van der Waals surface area contributed by atoms with Gasteiger partial charge in [0.05, 0.1) is 66.7 Å². The maximum Gasteiger partial charge on any atom is 0.252 e. The van der Waals surface area contributed by atoms with E-state index in [0.29, 0.717) is 67.4 Å². The van der Waals surface area contributed by atoms with Crippen LogP contribution in [0.4, 0.5) is 34.1 Å². The SMILES string of the molecule is [2H]c1c([2H])c([2H])c(-c2ccccc2-c2cc3c4c(c2)N(c2ccc(-c5c([2H])c(C(C)(C)C)c([2H])c(C(C)(C)C)c5[2H])c(-n5c6ccccc6c6ccccc65)c2C#N)c2cc(-c5cc(C(C)(C)C)cc(C(C)(C)C)c5)ccc2B4c2ccc(-n4c5ccc(C(C)(C)C)cc5c5cc(C(C)(C)C)ccc54)cc2N3c2cc(-n3c4ccccc4c4ccccc43)ccc2C#N)c([2H])c1[2H]. The predicted octanol–water partition coefficient (Wildman–Crippen LogP) is 29.3. The van der Waals surface area contributed by atoms with Crippen molar-refractivity contribution in [2.75, 3.05) is 9.80 Å². The third-order valence-corrected chi connectivity index (χ3v) is 25.8. The zero-order valence-electron chi connectivity index (χ0n) is 82.0. The summed E-state index contributed by atoms with van der Waals surface area (Å²) in [6.45, 7) is 38.5. The van der Waals surface area contributed by atoms with Gasteiger partial charge in [0.25, 0.3) is 6.71 Å². The van der Waals surface area contributed by atoms with Crippen molar-refractivity contribution in [3.05, 3.63) is 348 Å². The first-order valence-electron chi connectivity index (χ1n) is 47.3.